The minimum absolute atomic E-state index is 0.368. The van der Waals surface area contributed by atoms with Gasteiger partial charge in [0, 0.05) is 0 Å². The van der Waals surface area contributed by atoms with Crippen molar-refractivity contribution in [3.8, 4) is 0 Å². The normalized spacial score (nSPS) is 11.7. The fourth-order valence-corrected chi connectivity index (χ4v) is 0.987. The van der Waals surface area contributed by atoms with Crippen LogP contribution >= 0.6 is 15.9 Å². The van der Waals surface area contributed by atoms with Gasteiger partial charge in [0.1, 0.15) is 5.82 Å². The molecule has 3 heteroatoms. The van der Waals surface area contributed by atoms with E-state index in [0.29, 0.717) is 5.56 Å². The quantitative estimate of drug-likeness (QED) is 0.678. The zero-order chi connectivity index (χ0) is 8.27. The van der Waals surface area contributed by atoms with Crippen molar-refractivity contribution in [1.82, 2.24) is 0 Å². The molecule has 0 aliphatic rings. The van der Waals surface area contributed by atoms with Crippen molar-refractivity contribution < 1.29 is 8.78 Å². The summed E-state index contributed by atoms with van der Waals surface area (Å²) in [5.41, 5.74) is 0.499. The molecule has 0 fully saturated rings. The first kappa shape index (κ1) is 8.40. The largest absolute Gasteiger partial charge is 0.207 e. The van der Waals surface area contributed by atoms with Crippen LogP contribution in [0.4, 0.5) is 8.78 Å². The molecule has 1 aromatic rings. The lowest BCUT2D eigenvalue weighted by Gasteiger charge is -1.91. The summed E-state index contributed by atoms with van der Waals surface area (Å²) < 4.78 is 24.1. The van der Waals surface area contributed by atoms with Gasteiger partial charge in [-0.1, -0.05) is 12.1 Å². The summed E-state index contributed by atoms with van der Waals surface area (Å²) in [4.78, 5) is 0. The Kier molecular flexibility index (Phi) is 2.76. The molecule has 0 unspecified atom stereocenters. The average molecular weight is 219 g/mol. The summed E-state index contributed by atoms with van der Waals surface area (Å²) in [6, 6.07) is 5.70. The van der Waals surface area contributed by atoms with E-state index in [1.165, 1.54) is 24.3 Å². The van der Waals surface area contributed by atoms with Crippen LogP contribution in [0.3, 0.4) is 0 Å². The van der Waals surface area contributed by atoms with Crippen LogP contribution in [0.2, 0.25) is 0 Å². The van der Waals surface area contributed by atoms with E-state index in [9.17, 15) is 8.78 Å². The van der Waals surface area contributed by atoms with Crippen LogP contribution in [0.25, 0.3) is 6.08 Å². The topological polar surface area (TPSA) is 0 Å². The lowest BCUT2D eigenvalue weighted by atomic mass is 10.2. The molecule has 0 radical (unpaired) electrons. The van der Waals surface area contributed by atoms with Crippen LogP contribution in [-0.4, -0.2) is 0 Å². The molecule has 1 rings (SSSR count). The van der Waals surface area contributed by atoms with E-state index in [1.54, 1.807) is 6.07 Å². The summed E-state index contributed by atoms with van der Waals surface area (Å²) >= 11 is 2.61. The number of hydrogen-bond acceptors (Lipinski definition) is 0. The van der Waals surface area contributed by atoms with Crippen molar-refractivity contribution in [1.29, 1.82) is 0 Å². The van der Waals surface area contributed by atoms with E-state index in [1.807, 2.05) is 0 Å². The van der Waals surface area contributed by atoms with Crippen LogP contribution in [-0.2, 0) is 0 Å². The molecule has 0 bridgehead atoms. The number of halogens is 3. The van der Waals surface area contributed by atoms with Crippen LogP contribution in [0.5, 0.6) is 0 Å². The maximum absolute atomic E-state index is 12.5. The third-order valence-corrected chi connectivity index (χ3v) is 1.35. The van der Waals surface area contributed by atoms with Gasteiger partial charge in [0.15, 0.2) is 4.74 Å². The van der Waals surface area contributed by atoms with Crippen LogP contribution in [0, 0.1) is 5.82 Å². The molecule has 0 aromatic heterocycles. The summed E-state index contributed by atoms with van der Waals surface area (Å²) in [5.74, 6) is -0.368. The van der Waals surface area contributed by atoms with Crippen LogP contribution in [0.15, 0.2) is 29.0 Å². The lowest BCUT2D eigenvalue weighted by molar-refractivity contribution is 0.627. The van der Waals surface area contributed by atoms with Gasteiger partial charge in [-0.25, -0.2) is 4.39 Å². The molecule has 0 amide bonds. The molecule has 0 aliphatic heterocycles. The van der Waals surface area contributed by atoms with E-state index >= 15 is 0 Å². The standard InChI is InChI=1S/C8H5BrF2/c9-8(11)5-6-2-1-3-7(10)4-6/h1-5H/b8-5+. The summed E-state index contributed by atoms with van der Waals surface area (Å²) in [6.45, 7) is 0. The monoisotopic (exact) mass is 218 g/mol. The van der Waals surface area contributed by atoms with Gasteiger partial charge in [-0.05, 0) is 39.7 Å². The first-order valence-corrected chi connectivity index (χ1v) is 3.76. The molecule has 0 spiro atoms. The highest BCUT2D eigenvalue weighted by Gasteiger charge is 1.92. The molecule has 0 heterocycles. The van der Waals surface area contributed by atoms with Gasteiger partial charge in [0.05, 0.1) is 0 Å². The van der Waals surface area contributed by atoms with E-state index in [0.717, 1.165) is 0 Å². The first-order chi connectivity index (χ1) is 5.18. The second kappa shape index (κ2) is 3.62. The lowest BCUT2D eigenvalue weighted by Crippen LogP contribution is -1.74. The molecule has 0 atom stereocenters. The zero-order valence-corrected chi connectivity index (χ0v) is 7.11. The Balaban J connectivity index is 2.97. The second-order valence-electron chi connectivity index (χ2n) is 1.99. The number of hydrogen-bond donors (Lipinski definition) is 0. The first-order valence-electron chi connectivity index (χ1n) is 2.97. The Hall–Kier alpha value is -0.700. The smallest absolute Gasteiger partial charge is 0.166 e. The van der Waals surface area contributed by atoms with Crippen molar-refractivity contribution >= 4 is 22.0 Å². The molecule has 0 aliphatic carbocycles. The predicted molar refractivity (Wildman–Crippen MR) is 44.4 cm³/mol. The minimum Gasteiger partial charge on any atom is -0.207 e. The second-order valence-corrected chi connectivity index (χ2v) is 2.75. The average Bonchev–Trinajstić information content (AvgIpc) is 1.85. The Morgan fingerprint density at radius 1 is 1.45 bits per heavy atom. The molecule has 0 saturated heterocycles. The van der Waals surface area contributed by atoms with Gasteiger partial charge in [-0.2, -0.15) is 4.39 Å². The minimum atomic E-state index is -0.511. The van der Waals surface area contributed by atoms with Gasteiger partial charge in [0.25, 0.3) is 0 Å². The third-order valence-electron chi connectivity index (χ3n) is 1.12. The fourth-order valence-electron chi connectivity index (χ4n) is 0.722. The SMILES string of the molecule is F/C(Br)=C/c1cccc(F)c1. The van der Waals surface area contributed by atoms with Gasteiger partial charge in [-0.15, -0.1) is 0 Å². The maximum atomic E-state index is 12.5. The zero-order valence-electron chi connectivity index (χ0n) is 5.52. The number of benzene rings is 1. The molecule has 1 aromatic carbocycles. The van der Waals surface area contributed by atoms with Crippen LogP contribution in [0.1, 0.15) is 5.56 Å². The molecule has 11 heavy (non-hydrogen) atoms. The molecule has 0 nitrogen and oxygen atoms in total. The molecular formula is C8H5BrF2. The Morgan fingerprint density at radius 2 is 2.18 bits per heavy atom. The van der Waals surface area contributed by atoms with Crippen LogP contribution < -0.4 is 0 Å². The van der Waals surface area contributed by atoms with Crippen molar-refractivity contribution in [2.24, 2.45) is 0 Å². The van der Waals surface area contributed by atoms with Gasteiger partial charge >= 0.3 is 0 Å². The highest BCUT2D eigenvalue weighted by Crippen LogP contribution is 2.13. The fraction of sp³-hybridized carbons (Fsp3) is 0. The van der Waals surface area contributed by atoms with E-state index in [4.69, 9.17) is 0 Å². The molecule has 58 valence electrons. The molecule has 0 saturated carbocycles. The molecule has 0 N–H and O–H groups in total. The van der Waals surface area contributed by atoms with Gasteiger partial charge in [0.2, 0.25) is 0 Å². The Morgan fingerprint density at radius 3 is 2.73 bits per heavy atom. The Bertz CT molecular complexity index is 277. The van der Waals surface area contributed by atoms with E-state index in [-0.39, 0.29) is 5.82 Å². The van der Waals surface area contributed by atoms with Gasteiger partial charge in [-0.3, -0.25) is 0 Å². The van der Waals surface area contributed by atoms with Crippen molar-refractivity contribution in [2.45, 2.75) is 0 Å². The summed E-state index contributed by atoms with van der Waals surface area (Å²) in [6.07, 6.45) is 1.20. The predicted octanol–water partition coefficient (Wildman–Crippen LogP) is 3.49. The van der Waals surface area contributed by atoms with E-state index in [2.05, 4.69) is 15.9 Å². The summed E-state index contributed by atoms with van der Waals surface area (Å²) in [5, 5.41) is 0. The van der Waals surface area contributed by atoms with Crippen molar-refractivity contribution in [2.75, 3.05) is 0 Å². The summed E-state index contributed by atoms with van der Waals surface area (Å²) in [7, 11) is 0. The van der Waals surface area contributed by atoms with Crippen molar-refractivity contribution in [3.05, 3.63) is 40.4 Å². The Labute approximate surface area is 71.7 Å². The highest BCUT2D eigenvalue weighted by atomic mass is 79.9. The van der Waals surface area contributed by atoms with Gasteiger partial charge < -0.3 is 0 Å². The number of rotatable bonds is 1. The maximum Gasteiger partial charge on any atom is 0.166 e. The third kappa shape index (κ3) is 2.80. The highest BCUT2D eigenvalue weighted by molar-refractivity contribution is 9.11. The van der Waals surface area contributed by atoms with E-state index < -0.39 is 4.74 Å². The van der Waals surface area contributed by atoms with Crippen molar-refractivity contribution in [3.63, 3.8) is 0 Å². The molecular weight excluding hydrogens is 214 g/mol.